The molecule has 3 atom stereocenters. The van der Waals surface area contributed by atoms with Gasteiger partial charge in [0.15, 0.2) is 5.78 Å². The van der Waals surface area contributed by atoms with Gasteiger partial charge in [-0.25, -0.2) is 15.0 Å². The number of amides is 2. The Kier molecular flexibility index (Phi) is 6.57. The third kappa shape index (κ3) is 4.72. The topological polar surface area (TPSA) is 132 Å². The molecule has 40 heavy (non-hydrogen) atoms. The molecule has 0 unspecified atom stereocenters. The van der Waals surface area contributed by atoms with Crippen LogP contribution in [0.5, 0.6) is 6.01 Å². The van der Waals surface area contributed by atoms with Gasteiger partial charge in [-0.3, -0.25) is 19.1 Å². The molecule has 11 nitrogen and oxygen atoms in total. The average Bonchev–Trinajstić information content (AvgIpc) is 3.45. The molecule has 0 radical (unpaired) electrons. The van der Waals surface area contributed by atoms with E-state index in [0.29, 0.717) is 33.8 Å². The highest BCUT2D eigenvalue weighted by molar-refractivity contribution is 9.10. The first-order valence-corrected chi connectivity index (χ1v) is 13.6. The molecule has 0 spiro atoms. The molecule has 1 saturated carbocycles. The van der Waals surface area contributed by atoms with Gasteiger partial charge in [0, 0.05) is 36.8 Å². The Morgan fingerprint density at radius 2 is 1.90 bits per heavy atom. The number of hydrogen-bond acceptors (Lipinski definition) is 8. The van der Waals surface area contributed by atoms with Crippen molar-refractivity contribution in [2.24, 2.45) is 11.8 Å². The van der Waals surface area contributed by atoms with Crippen molar-refractivity contribution < 1.29 is 19.1 Å². The van der Waals surface area contributed by atoms with E-state index < -0.39 is 6.04 Å². The molecular formula is C28H26BrN7O4. The number of ketones is 1. The predicted octanol–water partition coefficient (Wildman–Crippen LogP) is 3.66. The predicted molar refractivity (Wildman–Crippen MR) is 150 cm³/mol. The van der Waals surface area contributed by atoms with E-state index in [9.17, 15) is 14.4 Å². The number of nitrogens with one attached hydrogen (secondary N) is 1. The average molecular weight is 604 g/mol. The van der Waals surface area contributed by atoms with Crippen LogP contribution in [-0.2, 0) is 16.1 Å². The van der Waals surface area contributed by atoms with Gasteiger partial charge in [-0.15, -0.1) is 0 Å². The van der Waals surface area contributed by atoms with Gasteiger partial charge in [0.2, 0.25) is 11.8 Å². The number of hydrogen-bond donors (Lipinski definition) is 1. The molecule has 0 bridgehead atoms. The van der Waals surface area contributed by atoms with Crippen molar-refractivity contribution in [3.63, 3.8) is 0 Å². The second-order valence-electron chi connectivity index (χ2n) is 10.2. The maximum atomic E-state index is 13.6. The minimum Gasteiger partial charge on any atom is -0.467 e. The van der Waals surface area contributed by atoms with E-state index in [1.807, 2.05) is 37.3 Å². The zero-order chi connectivity index (χ0) is 28.1. The minimum atomic E-state index is -0.575. The lowest BCUT2D eigenvalue weighted by molar-refractivity contribution is -0.138. The van der Waals surface area contributed by atoms with Crippen LogP contribution in [0.1, 0.15) is 29.4 Å². The Morgan fingerprint density at radius 3 is 2.62 bits per heavy atom. The summed E-state index contributed by atoms with van der Waals surface area (Å²) >= 11 is 3.35. The van der Waals surface area contributed by atoms with Crippen LogP contribution in [0.2, 0.25) is 0 Å². The fourth-order valence-corrected chi connectivity index (χ4v) is 5.72. The van der Waals surface area contributed by atoms with E-state index in [1.165, 1.54) is 14.0 Å². The van der Waals surface area contributed by atoms with Gasteiger partial charge in [0.25, 0.3) is 0 Å². The molecule has 1 N–H and O–H groups in total. The van der Waals surface area contributed by atoms with Gasteiger partial charge in [0.1, 0.15) is 28.7 Å². The smallest absolute Gasteiger partial charge is 0.316 e. The highest BCUT2D eigenvalue weighted by Gasteiger charge is 2.56. The summed E-state index contributed by atoms with van der Waals surface area (Å²) in [7, 11) is 1.50. The van der Waals surface area contributed by atoms with Crippen LogP contribution >= 0.6 is 15.9 Å². The van der Waals surface area contributed by atoms with Crippen LogP contribution < -0.4 is 10.1 Å². The van der Waals surface area contributed by atoms with Gasteiger partial charge in [0.05, 0.1) is 12.6 Å². The molecule has 1 saturated heterocycles. The van der Waals surface area contributed by atoms with Crippen LogP contribution in [0.4, 0.5) is 5.82 Å². The van der Waals surface area contributed by atoms with E-state index >= 15 is 0 Å². The fraction of sp³-hybridized carbons (Fsp3) is 0.321. The second kappa shape index (κ2) is 10.1. The second-order valence-corrected chi connectivity index (χ2v) is 11.0. The molecule has 1 aliphatic heterocycles. The number of halogens is 1. The molecule has 4 heterocycles. The fourth-order valence-electron chi connectivity index (χ4n) is 5.41. The van der Waals surface area contributed by atoms with Crippen molar-refractivity contribution in [3.8, 4) is 17.1 Å². The SMILES string of the molecule is COc1ncc(-c2ccc3c(c2)c(C(C)=O)nn3CC(=O)N2C[C@H]3C[C@H]3[C@H]2C(=O)Nc2nc(Br)ccc2C)cn1. The van der Waals surface area contributed by atoms with Gasteiger partial charge in [-0.1, -0.05) is 12.1 Å². The number of aryl methyl sites for hydroxylation is 1. The standard InChI is InChI=1S/C28H26BrN7O4/c1-14-4-7-22(29)32-26(14)33-27(39)25-19-9-17(19)12-35(25)23(38)13-36-21-6-5-16(8-20(21)24(34-36)15(2)37)18-10-30-28(40-3)31-11-18/h4-8,10-11,17,19,25H,9,12-13H2,1-3H3,(H,32,33,39)/t17-,19-,25+/m1/s1. The molecule has 2 fully saturated rings. The Morgan fingerprint density at radius 1 is 1.12 bits per heavy atom. The first kappa shape index (κ1) is 26.1. The lowest BCUT2D eigenvalue weighted by atomic mass is 10.0. The number of Topliss-reactive ketones (excluding diaryl/α,β-unsaturated/α-hetero) is 1. The van der Waals surface area contributed by atoms with Crippen molar-refractivity contribution in [1.29, 1.82) is 0 Å². The number of carbonyl (C=O) groups excluding carboxylic acids is 3. The van der Waals surface area contributed by atoms with Crippen molar-refractivity contribution in [1.82, 2.24) is 29.6 Å². The Bertz CT molecular complexity index is 1670. The molecule has 3 aromatic heterocycles. The number of carbonyl (C=O) groups is 3. The summed E-state index contributed by atoms with van der Waals surface area (Å²) in [4.78, 5) is 53.8. The number of nitrogens with zero attached hydrogens (tertiary/aromatic N) is 6. The third-order valence-electron chi connectivity index (χ3n) is 7.56. The number of aromatic nitrogens is 5. The molecule has 2 amide bonds. The number of rotatable bonds is 7. The van der Waals surface area contributed by atoms with Gasteiger partial charge in [-0.2, -0.15) is 5.10 Å². The molecule has 4 aromatic rings. The molecule has 1 aromatic carbocycles. The number of fused-ring (bicyclic) bond motifs is 2. The molecule has 204 valence electrons. The lowest BCUT2D eigenvalue weighted by Gasteiger charge is -2.27. The number of anilines is 1. The first-order chi connectivity index (χ1) is 19.2. The Labute approximate surface area is 238 Å². The van der Waals surface area contributed by atoms with Crippen LogP contribution in [0.25, 0.3) is 22.0 Å². The summed E-state index contributed by atoms with van der Waals surface area (Å²) < 4.78 is 7.19. The number of ether oxygens (including phenoxy) is 1. The number of pyridine rings is 1. The largest absolute Gasteiger partial charge is 0.467 e. The number of piperidine rings is 1. The van der Waals surface area contributed by atoms with Crippen molar-refractivity contribution in [3.05, 3.63) is 58.6 Å². The normalized spacial score (nSPS) is 19.4. The van der Waals surface area contributed by atoms with Crippen molar-refractivity contribution >= 4 is 50.2 Å². The molecular weight excluding hydrogens is 578 g/mol. The Hall–Kier alpha value is -4.19. The maximum Gasteiger partial charge on any atom is 0.316 e. The van der Waals surface area contributed by atoms with E-state index in [2.05, 4.69) is 41.3 Å². The summed E-state index contributed by atoms with van der Waals surface area (Å²) in [6.07, 6.45) is 4.20. The van der Waals surface area contributed by atoms with Gasteiger partial charge >= 0.3 is 6.01 Å². The number of methoxy groups -OCH3 is 1. The third-order valence-corrected chi connectivity index (χ3v) is 8.00. The quantitative estimate of drug-likeness (QED) is 0.250. The van der Waals surface area contributed by atoms with Gasteiger partial charge in [-0.05, 0) is 70.4 Å². The summed E-state index contributed by atoms with van der Waals surface area (Å²) in [5, 5.41) is 8.05. The lowest BCUT2D eigenvalue weighted by Crippen LogP contribution is -2.47. The minimum absolute atomic E-state index is 0.0911. The number of likely N-dealkylation sites (tertiary alicyclic amines) is 1. The zero-order valence-corrected chi connectivity index (χ0v) is 23.7. The van der Waals surface area contributed by atoms with Crippen molar-refractivity contribution in [2.45, 2.75) is 32.9 Å². The van der Waals surface area contributed by atoms with Crippen LogP contribution in [0.15, 0.2) is 47.3 Å². The maximum absolute atomic E-state index is 13.6. The van der Waals surface area contributed by atoms with Crippen LogP contribution in [0.3, 0.4) is 0 Å². The molecule has 1 aliphatic carbocycles. The Balaban J connectivity index is 1.26. The summed E-state index contributed by atoms with van der Waals surface area (Å²) in [6.45, 7) is 3.75. The highest BCUT2D eigenvalue weighted by atomic mass is 79.9. The highest BCUT2D eigenvalue weighted by Crippen LogP contribution is 2.50. The summed E-state index contributed by atoms with van der Waals surface area (Å²) in [6, 6.07) is 8.91. The van der Waals surface area contributed by atoms with Crippen LogP contribution in [-0.4, -0.2) is 66.9 Å². The molecule has 6 rings (SSSR count). The monoisotopic (exact) mass is 603 g/mol. The van der Waals surface area contributed by atoms with Crippen molar-refractivity contribution in [2.75, 3.05) is 19.0 Å². The van der Waals surface area contributed by atoms with E-state index in [0.717, 1.165) is 23.1 Å². The molecule has 2 aliphatic rings. The zero-order valence-electron chi connectivity index (χ0n) is 22.1. The first-order valence-electron chi connectivity index (χ1n) is 12.8. The summed E-state index contributed by atoms with van der Waals surface area (Å²) in [5.74, 6) is 0.237. The van der Waals surface area contributed by atoms with E-state index in [4.69, 9.17) is 4.74 Å². The van der Waals surface area contributed by atoms with Crippen LogP contribution in [0, 0.1) is 18.8 Å². The van der Waals surface area contributed by atoms with E-state index in [1.54, 1.807) is 22.0 Å². The van der Waals surface area contributed by atoms with Gasteiger partial charge < -0.3 is 15.0 Å². The number of benzene rings is 1. The molecule has 12 heteroatoms. The summed E-state index contributed by atoms with van der Waals surface area (Å²) in [5.41, 5.74) is 3.31. The van der Waals surface area contributed by atoms with E-state index in [-0.39, 0.29) is 41.8 Å².